The van der Waals surface area contributed by atoms with Gasteiger partial charge in [-0.2, -0.15) is 0 Å². The van der Waals surface area contributed by atoms with E-state index in [9.17, 15) is 22.4 Å². The lowest BCUT2D eigenvalue weighted by Crippen LogP contribution is -2.61. The van der Waals surface area contributed by atoms with Gasteiger partial charge in [0.25, 0.3) is 5.91 Å². The molecule has 1 saturated heterocycles. The van der Waals surface area contributed by atoms with Crippen LogP contribution < -0.4 is 15.4 Å². The second-order valence-electron chi connectivity index (χ2n) is 9.67. The van der Waals surface area contributed by atoms with Gasteiger partial charge in [0, 0.05) is 23.1 Å². The van der Waals surface area contributed by atoms with Crippen molar-refractivity contribution < 1.29 is 22.4 Å². The van der Waals surface area contributed by atoms with Crippen LogP contribution in [0.1, 0.15) is 40.9 Å². The number of benzene rings is 3. The summed E-state index contributed by atoms with van der Waals surface area (Å²) >= 11 is 12.2. The molecule has 3 N–H and O–H groups in total. The van der Waals surface area contributed by atoms with Crippen LogP contribution in [0.25, 0.3) is 0 Å². The Morgan fingerprint density at radius 3 is 2.00 bits per heavy atom. The topological polar surface area (TPSA) is 113 Å². The van der Waals surface area contributed by atoms with Crippen molar-refractivity contribution in [2.75, 3.05) is 23.7 Å². The Morgan fingerprint density at radius 1 is 1.02 bits per heavy atom. The van der Waals surface area contributed by atoms with E-state index in [0.717, 1.165) is 23.4 Å². The fourth-order valence-electron chi connectivity index (χ4n) is 4.86. The van der Waals surface area contributed by atoms with Crippen molar-refractivity contribution in [3.8, 4) is 0 Å². The smallest absolute Gasteiger partial charge is 0.254 e. The third-order valence-corrected chi connectivity index (χ3v) is 8.55. The van der Waals surface area contributed by atoms with Gasteiger partial charge >= 0.3 is 0 Å². The van der Waals surface area contributed by atoms with Gasteiger partial charge < -0.3 is 11.1 Å². The summed E-state index contributed by atoms with van der Waals surface area (Å²) in [6.45, 7) is 2.38. The molecule has 4 rings (SSSR count). The van der Waals surface area contributed by atoms with Crippen LogP contribution >= 0.6 is 23.2 Å². The van der Waals surface area contributed by atoms with Crippen LogP contribution in [0.5, 0.6) is 0 Å². The monoisotopic (exact) mass is 606 g/mol. The van der Waals surface area contributed by atoms with Crippen LogP contribution in [0, 0.1) is 5.82 Å². The van der Waals surface area contributed by atoms with E-state index in [0.29, 0.717) is 23.1 Å². The molecule has 2 amide bonds. The number of hydrogen-bond donors (Lipinski definition) is 2. The second-order valence-corrected chi connectivity index (χ2v) is 12.4. The normalized spacial score (nSPS) is 14.9. The molecule has 0 unspecified atom stereocenters. The highest BCUT2D eigenvalue weighted by atomic mass is 35.5. The molecular formula is C28H29Cl2FN4O4S. The SMILES string of the molecule is CC[C@H](NC(=O)c1cc(N(C2CN(C(c3ccc(Cl)cc3)c3ccc(Cl)cc3)C2)S(C)(=O)=O)ccc1F)C(N)=O. The third-order valence-electron chi connectivity index (χ3n) is 6.82. The molecule has 0 aromatic heterocycles. The summed E-state index contributed by atoms with van der Waals surface area (Å²) in [5, 5.41) is 3.60. The number of sulfonamides is 1. The van der Waals surface area contributed by atoms with E-state index in [1.165, 1.54) is 16.4 Å². The van der Waals surface area contributed by atoms with Crippen molar-refractivity contribution in [1.82, 2.24) is 10.2 Å². The van der Waals surface area contributed by atoms with Crippen molar-refractivity contribution in [3.05, 3.63) is 99.3 Å². The van der Waals surface area contributed by atoms with Gasteiger partial charge in [-0.05, 0) is 60.0 Å². The van der Waals surface area contributed by atoms with Crippen LogP contribution in [0.15, 0.2) is 66.7 Å². The number of rotatable bonds is 10. The van der Waals surface area contributed by atoms with Gasteiger partial charge in [-0.3, -0.25) is 18.8 Å². The molecule has 1 aliphatic rings. The molecule has 1 atom stereocenters. The van der Waals surface area contributed by atoms with Gasteiger partial charge in [-0.25, -0.2) is 12.8 Å². The Kier molecular flexibility index (Phi) is 9.04. The predicted molar refractivity (Wildman–Crippen MR) is 155 cm³/mol. The van der Waals surface area contributed by atoms with Crippen molar-refractivity contribution in [2.24, 2.45) is 5.73 Å². The lowest BCUT2D eigenvalue weighted by molar-refractivity contribution is -0.119. The molecule has 1 aliphatic heterocycles. The Morgan fingerprint density at radius 2 is 1.55 bits per heavy atom. The summed E-state index contributed by atoms with van der Waals surface area (Å²) in [5.41, 5.74) is 6.99. The van der Waals surface area contributed by atoms with E-state index in [2.05, 4.69) is 10.2 Å². The molecule has 0 saturated carbocycles. The second kappa shape index (κ2) is 12.1. The lowest BCUT2D eigenvalue weighted by atomic mass is 9.93. The molecule has 212 valence electrons. The highest BCUT2D eigenvalue weighted by Gasteiger charge is 2.41. The minimum absolute atomic E-state index is 0.139. The van der Waals surface area contributed by atoms with Gasteiger partial charge in [0.15, 0.2) is 0 Å². The van der Waals surface area contributed by atoms with E-state index >= 15 is 0 Å². The van der Waals surface area contributed by atoms with Crippen LogP contribution in [-0.2, 0) is 14.8 Å². The molecule has 3 aromatic carbocycles. The number of amides is 2. The first-order valence-electron chi connectivity index (χ1n) is 12.5. The summed E-state index contributed by atoms with van der Waals surface area (Å²) in [5.74, 6) is -2.47. The minimum atomic E-state index is -3.82. The zero-order valence-corrected chi connectivity index (χ0v) is 24.2. The van der Waals surface area contributed by atoms with Gasteiger partial charge in [0.1, 0.15) is 11.9 Å². The summed E-state index contributed by atoms with van der Waals surface area (Å²) < 4.78 is 41.8. The number of nitrogens with one attached hydrogen (secondary N) is 1. The van der Waals surface area contributed by atoms with E-state index in [4.69, 9.17) is 28.9 Å². The third kappa shape index (κ3) is 6.58. The fraction of sp³-hybridized carbons (Fsp3) is 0.286. The van der Waals surface area contributed by atoms with Crippen LogP contribution in [0.2, 0.25) is 10.0 Å². The van der Waals surface area contributed by atoms with E-state index in [1.807, 2.05) is 24.3 Å². The first kappa shape index (κ1) is 29.8. The maximum absolute atomic E-state index is 14.7. The van der Waals surface area contributed by atoms with Gasteiger partial charge in [-0.15, -0.1) is 0 Å². The largest absolute Gasteiger partial charge is 0.368 e. The highest BCUT2D eigenvalue weighted by molar-refractivity contribution is 7.92. The van der Waals surface area contributed by atoms with Crippen molar-refractivity contribution >= 4 is 50.7 Å². The summed E-state index contributed by atoms with van der Waals surface area (Å²) in [6.07, 6.45) is 1.28. The number of likely N-dealkylation sites (tertiary alicyclic amines) is 1. The summed E-state index contributed by atoms with van der Waals surface area (Å²) in [4.78, 5) is 26.4. The van der Waals surface area contributed by atoms with Crippen LogP contribution in [-0.4, -0.2) is 56.6 Å². The maximum atomic E-state index is 14.7. The first-order valence-corrected chi connectivity index (χ1v) is 15.1. The molecule has 40 heavy (non-hydrogen) atoms. The van der Waals surface area contributed by atoms with Crippen LogP contribution in [0.3, 0.4) is 0 Å². The number of anilines is 1. The number of halogens is 3. The Bertz CT molecular complexity index is 1450. The predicted octanol–water partition coefficient (Wildman–Crippen LogP) is 4.37. The number of nitrogens with zero attached hydrogens (tertiary/aromatic N) is 2. The van der Waals surface area contributed by atoms with Gasteiger partial charge in [-0.1, -0.05) is 54.4 Å². The number of carbonyl (C=O) groups excluding carboxylic acids is 2. The molecule has 12 heteroatoms. The van der Waals surface area contributed by atoms with Crippen molar-refractivity contribution in [2.45, 2.75) is 31.5 Å². The minimum Gasteiger partial charge on any atom is -0.368 e. The van der Waals surface area contributed by atoms with E-state index in [-0.39, 0.29) is 23.7 Å². The molecule has 0 aliphatic carbocycles. The molecule has 8 nitrogen and oxygen atoms in total. The molecule has 3 aromatic rings. The lowest BCUT2D eigenvalue weighted by Gasteiger charge is -2.48. The summed E-state index contributed by atoms with van der Waals surface area (Å²) in [7, 11) is -3.82. The van der Waals surface area contributed by atoms with Gasteiger partial charge in [0.05, 0.1) is 29.6 Å². The molecule has 1 heterocycles. The first-order chi connectivity index (χ1) is 18.9. The Hall–Kier alpha value is -3.18. The van der Waals surface area contributed by atoms with Crippen LogP contribution in [0.4, 0.5) is 10.1 Å². The standard InChI is InChI=1S/C28H29Cl2FN4O4S/c1-3-25(27(32)36)33-28(37)23-14-21(12-13-24(23)31)35(40(2,38)39)22-15-34(16-22)26(17-4-8-19(29)9-5-17)18-6-10-20(30)11-7-18/h4-14,22,25-26H,3,15-16H2,1-2H3,(H2,32,36)(H,33,37)/t25-/m0/s1. The summed E-state index contributed by atoms with van der Waals surface area (Å²) in [6, 6.07) is 16.7. The molecule has 1 fully saturated rings. The quantitative estimate of drug-likeness (QED) is 0.356. The van der Waals surface area contributed by atoms with Crippen molar-refractivity contribution in [1.29, 1.82) is 0 Å². The van der Waals surface area contributed by atoms with E-state index < -0.39 is 39.7 Å². The maximum Gasteiger partial charge on any atom is 0.254 e. The molecule has 0 spiro atoms. The zero-order valence-electron chi connectivity index (χ0n) is 21.9. The average Bonchev–Trinajstić information content (AvgIpc) is 2.87. The Labute approximate surface area is 242 Å². The van der Waals surface area contributed by atoms with E-state index in [1.54, 1.807) is 31.2 Å². The van der Waals surface area contributed by atoms with Crippen molar-refractivity contribution in [3.63, 3.8) is 0 Å². The Balaban J connectivity index is 1.62. The highest BCUT2D eigenvalue weighted by Crippen LogP contribution is 2.37. The number of hydrogen-bond acceptors (Lipinski definition) is 5. The molecule has 0 bridgehead atoms. The molecule has 0 radical (unpaired) electrons. The zero-order chi connectivity index (χ0) is 29.2. The fourth-order valence-corrected chi connectivity index (χ4v) is 6.28. The average molecular weight is 608 g/mol. The number of nitrogens with two attached hydrogens (primary N) is 1. The number of carbonyl (C=O) groups is 2. The number of primary amides is 1. The molecular weight excluding hydrogens is 578 g/mol. The van der Waals surface area contributed by atoms with Gasteiger partial charge in [0.2, 0.25) is 15.9 Å².